The number of nitrogens with zero attached hydrogens (tertiary/aromatic N) is 1. The van der Waals surface area contributed by atoms with E-state index in [9.17, 15) is 19.2 Å². The molecular formula is C24H18N2O5. The molecule has 0 saturated heterocycles. The van der Waals surface area contributed by atoms with Gasteiger partial charge < -0.3 is 10.1 Å². The van der Waals surface area contributed by atoms with Crippen LogP contribution in [-0.4, -0.2) is 35.1 Å². The highest BCUT2D eigenvalue weighted by Crippen LogP contribution is 2.22. The van der Waals surface area contributed by atoms with E-state index in [1.54, 1.807) is 36.4 Å². The average molecular weight is 414 g/mol. The fourth-order valence-corrected chi connectivity index (χ4v) is 3.26. The Morgan fingerprint density at radius 1 is 0.806 bits per heavy atom. The van der Waals surface area contributed by atoms with Gasteiger partial charge in [-0.25, -0.2) is 4.79 Å². The lowest BCUT2D eigenvalue weighted by Crippen LogP contribution is -2.36. The Hall–Kier alpha value is -4.26. The Bertz CT molecular complexity index is 1140. The van der Waals surface area contributed by atoms with Crippen LogP contribution in [0.15, 0.2) is 78.9 Å². The third-order valence-electron chi connectivity index (χ3n) is 4.79. The molecule has 0 saturated carbocycles. The summed E-state index contributed by atoms with van der Waals surface area (Å²) in [4.78, 5) is 50.3. The zero-order valence-electron chi connectivity index (χ0n) is 16.4. The number of carbonyl (C=O) groups excluding carboxylic acids is 4. The quantitative estimate of drug-likeness (QED) is 0.380. The van der Waals surface area contributed by atoms with Gasteiger partial charge in [0.25, 0.3) is 17.7 Å². The van der Waals surface area contributed by atoms with Gasteiger partial charge in [0.15, 0.2) is 0 Å². The smallest absolute Gasteiger partial charge is 0.331 e. The summed E-state index contributed by atoms with van der Waals surface area (Å²) in [6.07, 6.45) is 0. The average Bonchev–Trinajstić information content (AvgIpc) is 3.03. The first kappa shape index (κ1) is 20.0. The number of amides is 3. The summed E-state index contributed by atoms with van der Waals surface area (Å²) in [5, 5.41) is 2.80. The largest absolute Gasteiger partial charge is 0.425 e. The first-order chi connectivity index (χ1) is 15.0. The second kappa shape index (κ2) is 8.62. The predicted octanol–water partition coefficient (Wildman–Crippen LogP) is 2.82. The van der Waals surface area contributed by atoms with E-state index in [0.29, 0.717) is 12.1 Å². The predicted molar refractivity (Wildman–Crippen MR) is 111 cm³/mol. The SMILES string of the molecule is O=C(CN1C(=O)c2ccccc2C1=O)Oc1cccc(C(=O)NCc2ccccc2)c1. The van der Waals surface area contributed by atoms with Gasteiger partial charge in [-0.05, 0) is 35.9 Å². The molecule has 3 amide bonds. The molecule has 0 aromatic heterocycles. The van der Waals surface area contributed by atoms with Crippen molar-refractivity contribution in [2.45, 2.75) is 6.54 Å². The van der Waals surface area contributed by atoms with Crippen LogP contribution in [0.3, 0.4) is 0 Å². The molecule has 0 bridgehead atoms. The van der Waals surface area contributed by atoms with Crippen molar-refractivity contribution in [3.8, 4) is 5.75 Å². The number of carbonyl (C=O) groups is 4. The monoisotopic (exact) mass is 414 g/mol. The highest BCUT2D eigenvalue weighted by Gasteiger charge is 2.36. The zero-order valence-corrected chi connectivity index (χ0v) is 16.4. The molecule has 0 radical (unpaired) electrons. The van der Waals surface area contributed by atoms with Crippen molar-refractivity contribution in [3.63, 3.8) is 0 Å². The molecule has 0 atom stereocenters. The zero-order chi connectivity index (χ0) is 21.8. The second-order valence-electron chi connectivity index (χ2n) is 6.91. The number of benzene rings is 3. The molecule has 1 heterocycles. The number of hydrogen-bond donors (Lipinski definition) is 1. The van der Waals surface area contributed by atoms with Crippen LogP contribution in [0.25, 0.3) is 0 Å². The molecule has 7 heteroatoms. The van der Waals surface area contributed by atoms with Crippen molar-refractivity contribution in [1.29, 1.82) is 0 Å². The summed E-state index contributed by atoms with van der Waals surface area (Å²) in [6, 6.07) is 22.0. The number of esters is 1. The van der Waals surface area contributed by atoms with Crippen LogP contribution in [0.2, 0.25) is 0 Å². The van der Waals surface area contributed by atoms with E-state index in [1.807, 2.05) is 30.3 Å². The maximum absolute atomic E-state index is 12.4. The Labute approximate surface area is 178 Å². The van der Waals surface area contributed by atoms with Crippen LogP contribution >= 0.6 is 0 Å². The molecule has 1 N–H and O–H groups in total. The summed E-state index contributed by atoms with van der Waals surface area (Å²) in [7, 11) is 0. The van der Waals surface area contributed by atoms with Gasteiger partial charge in [0.1, 0.15) is 12.3 Å². The molecule has 3 aromatic rings. The van der Waals surface area contributed by atoms with Gasteiger partial charge in [-0.1, -0.05) is 48.5 Å². The normalized spacial score (nSPS) is 12.5. The van der Waals surface area contributed by atoms with Crippen LogP contribution < -0.4 is 10.1 Å². The van der Waals surface area contributed by atoms with Crippen molar-refractivity contribution >= 4 is 23.7 Å². The van der Waals surface area contributed by atoms with E-state index >= 15 is 0 Å². The summed E-state index contributed by atoms with van der Waals surface area (Å²) in [6.45, 7) is -0.153. The summed E-state index contributed by atoms with van der Waals surface area (Å²) in [5.74, 6) is -2.02. The third-order valence-corrected chi connectivity index (χ3v) is 4.79. The van der Waals surface area contributed by atoms with Crippen molar-refractivity contribution in [2.75, 3.05) is 6.54 Å². The minimum Gasteiger partial charge on any atom is -0.425 e. The summed E-state index contributed by atoms with van der Waals surface area (Å²) in [5.41, 5.74) is 1.80. The topological polar surface area (TPSA) is 92.8 Å². The molecule has 1 aliphatic heterocycles. The molecule has 7 nitrogen and oxygen atoms in total. The Balaban J connectivity index is 1.38. The van der Waals surface area contributed by atoms with E-state index < -0.39 is 24.3 Å². The highest BCUT2D eigenvalue weighted by atomic mass is 16.5. The van der Waals surface area contributed by atoms with Crippen LogP contribution in [-0.2, 0) is 11.3 Å². The van der Waals surface area contributed by atoms with Crippen molar-refractivity contribution < 1.29 is 23.9 Å². The van der Waals surface area contributed by atoms with Gasteiger partial charge in [0.05, 0.1) is 11.1 Å². The standard InChI is InChI=1S/C24H18N2O5/c27-21(15-26-23(29)19-11-4-5-12-20(19)24(26)30)31-18-10-6-9-17(13-18)22(28)25-14-16-7-2-1-3-8-16/h1-13H,14-15H2,(H,25,28). The maximum atomic E-state index is 12.4. The van der Waals surface area contributed by atoms with Crippen LogP contribution in [0.5, 0.6) is 5.75 Å². The number of rotatable bonds is 6. The lowest BCUT2D eigenvalue weighted by atomic mass is 10.1. The van der Waals surface area contributed by atoms with E-state index in [0.717, 1.165) is 10.5 Å². The van der Waals surface area contributed by atoms with E-state index in [1.165, 1.54) is 12.1 Å². The van der Waals surface area contributed by atoms with Crippen LogP contribution in [0.4, 0.5) is 0 Å². The highest BCUT2D eigenvalue weighted by molar-refractivity contribution is 6.22. The first-order valence-electron chi connectivity index (χ1n) is 9.61. The molecule has 3 aromatic carbocycles. The van der Waals surface area contributed by atoms with E-state index in [2.05, 4.69) is 5.32 Å². The third kappa shape index (κ3) is 4.35. The molecule has 154 valence electrons. The molecule has 4 rings (SSSR count). The molecule has 31 heavy (non-hydrogen) atoms. The fourth-order valence-electron chi connectivity index (χ4n) is 3.26. The van der Waals surface area contributed by atoms with Crippen LogP contribution in [0.1, 0.15) is 36.6 Å². The molecule has 0 fully saturated rings. The number of fused-ring (bicyclic) bond motifs is 1. The fraction of sp³-hybridized carbons (Fsp3) is 0.0833. The summed E-state index contributed by atoms with van der Waals surface area (Å²) >= 11 is 0. The minimum absolute atomic E-state index is 0.147. The van der Waals surface area contributed by atoms with Gasteiger partial charge in [0, 0.05) is 12.1 Å². The van der Waals surface area contributed by atoms with Gasteiger partial charge in [-0.15, -0.1) is 0 Å². The van der Waals surface area contributed by atoms with Crippen molar-refractivity contribution in [2.24, 2.45) is 0 Å². The molecule has 1 aliphatic rings. The van der Waals surface area contributed by atoms with Gasteiger partial charge >= 0.3 is 5.97 Å². The van der Waals surface area contributed by atoms with Gasteiger partial charge in [-0.2, -0.15) is 0 Å². The molecular weight excluding hydrogens is 396 g/mol. The maximum Gasteiger partial charge on any atom is 0.331 e. The lowest BCUT2D eigenvalue weighted by molar-refractivity contribution is -0.134. The number of nitrogens with one attached hydrogen (secondary N) is 1. The van der Waals surface area contributed by atoms with Gasteiger partial charge in [0.2, 0.25) is 0 Å². The molecule has 0 unspecified atom stereocenters. The van der Waals surface area contributed by atoms with Crippen LogP contribution in [0, 0.1) is 0 Å². The van der Waals surface area contributed by atoms with Crippen molar-refractivity contribution in [1.82, 2.24) is 10.2 Å². The number of imide groups is 1. The lowest BCUT2D eigenvalue weighted by Gasteiger charge is -2.13. The molecule has 0 aliphatic carbocycles. The first-order valence-corrected chi connectivity index (χ1v) is 9.61. The number of hydrogen-bond acceptors (Lipinski definition) is 5. The minimum atomic E-state index is -0.781. The Morgan fingerprint density at radius 3 is 2.13 bits per heavy atom. The Morgan fingerprint density at radius 2 is 1.45 bits per heavy atom. The van der Waals surface area contributed by atoms with E-state index in [4.69, 9.17) is 4.74 Å². The van der Waals surface area contributed by atoms with E-state index in [-0.39, 0.29) is 22.8 Å². The Kier molecular flexibility index (Phi) is 5.57. The second-order valence-corrected chi connectivity index (χ2v) is 6.91. The van der Waals surface area contributed by atoms with Gasteiger partial charge in [-0.3, -0.25) is 19.3 Å². The number of ether oxygens (including phenoxy) is 1. The van der Waals surface area contributed by atoms with Crippen molar-refractivity contribution in [3.05, 3.63) is 101 Å². The molecule has 0 spiro atoms. The summed E-state index contributed by atoms with van der Waals surface area (Å²) < 4.78 is 5.26.